The van der Waals surface area contributed by atoms with Gasteiger partial charge in [0.05, 0.1) is 5.56 Å². The molecule has 0 aliphatic rings. The van der Waals surface area contributed by atoms with Crippen LogP contribution in [0.4, 0.5) is 17.6 Å². The summed E-state index contributed by atoms with van der Waals surface area (Å²) in [4.78, 5) is 0. The first kappa shape index (κ1) is 16.8. The second kappa shape index (κ2) is 7.47. The number of rotatable bonds is 7. The van der Waals surface area contributed by atoms with Crippen LogP contribution in [0.2, 0.25) is 0 Å². The van der Waals surface area contributed by atoms with Crippen LogP contribution in [0.15, 0.2) is 18.2 Å². The highest BCUT2D eigenvalue weighted by molar-refractivity contribution is 5.31. The summed E-state index contributed by atoms with van der Waals surface area (Å²) in [5.74, 6) is -1.28. The Bertz CT molecular complexity index is 420. The first-order valence-corrected chi connectivity index (χ1v) is 6.58. The van der Waals surface area contributed by atoms with Crippen LogP contribution in [0.25, 0.3) is 0 Å². The molecule has 6 heteroatoms. The molecule has 1 N–H and O–H groups in total. The molecule has 1 unspecified atom stereocenters. The van der Waals surface area contributed by atoms with Gasteiger partial charge in [-0.2, -0.15) is 13.2 Å². The van der Waals surface area contributed by atoms with Crippen molar-refractivity contribution in [3.8, 4) is 5.75 Å². The summed E-state index contributed by atoms with van der Waals surface area (Å²) in [5, 5.41) is 3.14. The standard InChI is InChI=1S/C14H19F4NO/c1-3-4-7-19-9-10(2)20-11-5-6-13(15)12(8-11)14(16,17)18/h5-6,8,10,19H,3-4,7,9H2,1-2H3. The quantitative estimate of drug-likeness (QED) is 0.606. The van der Waals surface area contributed by atoms with E-state index in [4.69, 9.17) is 4.74 Å². The van der Waals surface area contributed by atoms with Crippen LogP contribution in [-0.2, 0) is 6.18 Å². The van der Waals surface area contributed by atoms with E-state index in [9.17, 15) is 17.6 Å². The van der Waals surface area contributed by atoms with Gasteiger partial charge in [0.25, 0.3) is 0 Å². The minimum atomic E-state index is -4.72. The van der Waals surface area contributed by atoms with E-state index in [1.807, 2.05) is 0 Å². The maximum absolute atomic E-state index is 13.1. The largest absolute Gasteiger partial charge is 0.489 e. The van der Waals surface area contributed by atoms with E-state index < -0.39 is 17.6 Å². The van der Waals surface area contributed by atoms with Crippen LogP contribution >= 0.6 is 0 Å². The van der Waals surface area contributed by atoms with Crippen LogP contribution < -0.4 is 10.1 Å². The molecule has 0 fully saturated rings. The number of nitrogens with one attached hydrogen (secondary N) is 1. The first-order chi connectivity index (χ1) is 9.34. The van der Waals surface area contributed by atoms with Gasteiger partial charge < -0.3 is 10.1 Å². The number of alkyl halides is 3. The lowest BCUT2D eigenvalue weighted by atomic mass is 10.2. The van der Waals surface area contributed by atoms with Gasteiger partial charge in [-0.1, -0.05) is 13.3 Å². The fourth-order valence-electron chi connectivity index (χ4n) is 1.68. The van der Waals surface area contributed by atoms with Gasteiger partial charge in [0.1, 0.15) is 17.7 Å². The number of hydrogen-bond acceptors (Lipinski definition) is 2. The molecular formula is C14H19F4NO. The van der Waals surface area contributed by atoms with Crippen LogP contribution in [0.3, 0.4) is 0 Å². The van der Waals surface area contributed by atoms with Crippen molar-refractivity contribution in [1.29, 1.82) is 0 Å². The molecule has 0 heterocycles. The third-order valence-electron chi connectivity index (χ3n) is 2.72. The number of ether oxygens (including phenoxy) is 1. The summed E-state index contributed by atoms with van der Waals surface area (Å²) in [6.45, 7) is 5.18. The molecule has 1 atom stereocenters. The van der Waals surface area contributed by atoms with Crippen molar-refractivity contribution in [3.05, 3.63) is 29.6 Å². The average molecular weight is 293 g/mol. The lowest BCUT2D eigenvalue weighted by Crippen LogP contribution is -2.29. The van der Waals surface area contributed by atoms with Gasteiger partial charge in [-0.3, -0.25) is 0 Å². The Kier molecular flexibility index (Phi) is 6.26. The number of halogens is 4. The van der Waals surface area contributed by atoms with Gasteiger partial charge in [0.2, 0.25) is 0 Å². The van der Waals surface area contributed by atoms with Gasteiger partial charge in [0, 0.05) is 6.54 Å². The second-order valence-corrected chi connectivity index (χ2v) is 4.63. The first-order valence-electron chi connectivity index (χ1n) is 6.58. The molecule has 0 aliphatic heterocycles. The van der Waals surface area contributed by atoms with Crippen molar-refractivity contribution in [2.24, 2.45) is 0 Å². The Morgan fingerprint density at radius 1 is 1.30 bits per heavy atom. The predicted octanol–water partition coefficient (Wildman–Crippen LogP) is 4.00. The number of unbranched alkanes of at least 4 members (excludes halogenated alkanes) is 1. The summed E-state index contributed by atoms with van der Waals surface area (Å²) in [6, 6.07) is 2.67. The van der Waals surface area contributed by atoms with E-state index in [0.717, 1.165) is 25.5 Å². The highest BCUT2D eigenvalue weighted by Crippen LogP contribution is 2.33. The number of benzene rings is 1. The van der Waals surface area contributed by atoms with E-state index in [1.54, 1.807) is 6.92 Å². The van der Waals surface area contributed by atoms with Gasteiger partial charge >= 0.3 is 6.18 Å². The zero-order valence-electron chi connectivity index (χ0n) is 11.6. The van der Waals surface area contributed by atoms with Gasteiger partial charge in [0.15, 0.2) is 0 Å². The fraction of sp³-hybridized carbons (Fsp3) is 0.571. The summed E-state index contributed by atoms with van der Waals surface area (Å²) in [7, 11) is 0. The van der Waals surface area contributed by atoms with Crippen LogP contribution in [0.1, 0.15) is 32.3 Å². The van der Waals surface area contributed by atoms with Crippen molar-refractivity contribution in [2.45, 2.75) is 39.0 Å². The molecule has 0 spiro atoms. The number of hydrogen-bond donors (Lipinski definition) is 1. The van der Waals surface area contributed by atoms with E-state index in [0.29, 0.717) is 12.6 Å². The Hall–Kier alpha value is -1.30. The summed E-state index contributed by atoms with van der Waals surface area (Å²) >= 11 is 0. The molecule has 0 aliphatic carbocycles. The monoisotopic (exact) mass is 293 g/mol. The Labute approximate surface area is 116 Å². The zero-order chi connectivity index (χ0) is 15.2. The van der Waals surface area contributed by atoms with Crippen molar-refractivity contribution in [2.75, 3.05) is 13.1 Å². The van der Waals surface area contributed by atoms with Crippen LogP contribution in [-0.4, -0.2) is 19.2 Å². The highest BCUT2D eigenvalue weighted by atomic mass is 19.4. The highest BCUT2D eigenvalue weighted by Gasteiger charge is 2.34. The van der Waals surface area contributed by atoms with E-state index >= 15 is 0 Å². The lowest BCUT2D eigenvalue weighted by Gasteiger charge is -2.17. The fourth-order valence-corrected chi connectivity index (χ4v) is 1.68. The van der Waals surface area contributed by atoms with Crippen molar-refractivity contribution >= 4 is 0 Å². The average Bonchev–Trinajstić information content (AvgIpc) is 2.36. The van der Waals surface area contributed by atoms with Gasteiger partial charge in [-0.15, -0.1) is 0 Å². The SMILES string of the molecule is CCCCNCC(C)Oc1ccc(F)c(C(F)(F)F)c1. The molecular weight excluding hydrogens is 274 g/mol. The minimum absolute atomic E-state index is 0.0171. The summed E-state index contributed by atoms with van der Waals surface area (Å²) < 4.78 is 56.1. The summed E-state index contributed by atoms with van der Waals surface area (Å²) in [5.41, 5.74) is -1.30. The molecule has 1 rings (SSSR count). The molecule has 114 valence electrons. The van der Waals surface area contributed by atoms with Crippen molar-refractivity contribution in [3.63, 3.8) is 0 Å². The normalized spacial score (nSPS) is 13.3. The van der Waals surface area contributed by atoms with Crippen LogP contribution in [0.5, 0.6) is 5.75 Å². The Balaban J connectivity index is 2.60. The summed E-state index contributed by atoms with van der Waals surface area (Å²) in [6.07, 6.45) is -2.92. The van der Waals surface area contributed by atoms with E-state index in [-0.39, 0.29) is 11.9 Å². The smallest absolute Gasteiger partial charge is 0.419 e. The molecule has 0 saturated carbocycles. The topological polar surface area (TPSA) is 21.3 Å². The molecule has 0 bridgehead atoms. The molecule has 0 radical (unpaired) electrons. The zero-order valence-corrected chi connectivity index (χ0v) is 11.6. The van der Waals surface area contributed by atoms with Crippen molar-refractivity contribution in [1.82, 2.24) is 5.32 Å². The third kappa shape index (κ3) is 5.36. The van der Waals surface area contributed by atoms with Crippen LogP contribution in [0, 0.1) is 5.82 Å². The minimum Gasteiger partial charge on any atom is -0.489 e. The van der Waals surface area contributed by atoms with Crippen molar-refractivity contribution < 1.29 is 22.3 Å². The third-order valence-corrected chi connectivity index (χ3v) is 2.72. The van der Waals surface area contributed by atoms with E-state index in [2.05, 4.69) is 12.2 Å². The van der Waals surface area contributed by atoms with E-state index in [1.165, 1.54) is 6.07 Å². The Morgan fingerprint density at radius 2 is 2.00 bits per heavy atom. The molecule has 1 aromatic carbocycles. The maximum atomic E-state index is 13.1. The molecule has 1 aromatic rings. The maximum Gasteiger partial charge on any atom is 0.419 e. The van der Waals surface area contributed by atoms with Gasteiger partial charge in [-0.05, 0) is 38.1 Å². The molecule has 0 saturated heterocycles. The lowest BCUT2D eigenvalue weighted by molar-refractivity contribution is -0.140. The molecule has 20 heavy (non-hydrogen) atoms. The van der Waals surface area contributed by atoms with Gasteiger partial charge in [-0.25, -0.2) is 4.39 Å². The molecule has 2 nitrogen and oxygen atoms in total. The Morgan fingerprint density at radius 3 is 2.60 bits per heavy atom. The predicted molar refractivity (Wildman–Crippen MR) is 69.3 cm³/mol. The second-order valence-electron chi connectivity index (χ2n) is 4.63. The molecule has 0 amide bonds. The molecule has 0 aromatic heterocycles.